The van der Waals surface area contributed by atoms with Gasteiger partial charge in [-0.1, -0.05) is 54.1 Å². The summed E-state index contributed by atoms with van der Waals surface area (Å²) in [7, 11) is 0. The van der Waals surface area contributed by atoms with Gasteiger partial charge < -0.3 is 5.32 Å². The number of carbonyl (C=O) groups excluding carboxylic acids is 3. The van der Waals surface area contributed by atoms with Crippen molar-refractivity contribution in [1.29, 1.82) is 0 Å². The van der Waals surface area contributed by atoms with Gasteiger partial charge in [0.25, 0.3) is 5.91 Å². The summed E-state index contributed by atoms with van der Waals surface area (Å²) < 4.78 is 0. The molecule has 0 spiro atoms. The van der Waals surface area contributed by atoms with Crippen LogP contribution < -0.4 is 5.32 Å². The van der Waals surface area contributed by atoms with Crippen molar-refractivity contribution in [2.75, 3.05) is 5.32 Å². The van der Waals surface area contributed by atoms with Gasteiger partial charge in [0, 0.05) is 27.3 Å². The smallest absolute Gasteiger partial charge is 0.255 e. The van der Waals surface area contributed by atoms with E-state index >= 15 is 0 Å². The van der Waals surface area contributed by atoms with Crippen molar-refractivity contribution in [2.24, 2.45) is 0 Å². The van der Waals surface area contributed by atoms with E-state index in [1.807, 2.05) is 6.07 Å². The molecule has 0 atom stereocenters. The molecule has 1 amide bonds. The van der Waals surface area contributed by atoms with Crippen molar-refractivity contribution in [2.45, 2.75) is 0 Å². The van der Waals surface area contributed by atoms with Crippen LogP contribution in [-0.2, 0) is 0 Å². The van der Waals surface area contributed by atoms with Crippen LogP contribution in [0.2, 0.25) is 5.02 Å². The third kappa shape index (κ3) is 3.87. The van der Waals surface area contributed by atoms with Gasteiger partial charge >= 0.3 is 0 Å². The number of hydrogen-bond acceptors (Lipinski definition) is 3. The lowest BCUT2D eigenvalue weighted by Gasteiger charge is -2.11. The number of hydrogen-bond donors (Lipinski definition) is 1. The van der Waals surface area contributed by atoms with Crippen LogP contribution in [0.3, 0.4) is 0 Å². The summed E-state index contributed by atoms with van der Waals surface area (Å²) in [6.45, 7) is 0. The molecule has 0 radical (unpaired) electrons. The molecular weight excluding hydrogens is 350 g/mol. The molecule has 0 bridgehead atoms. The number of aldehydes is 1. The number of halogens is 1. The van der Waals surface area contributed by atoms with Crippen molar-refractivity contribution >= 4 is 35.3 Å². The molecule has 3 aromatic carbocycles. The third-order valence-electron chi connectivity index (χ3n) is 3.82. The topological polar surface area (TPSA) is 63.2 Å². The summed E-state index contributed by atoms with van der Waals surface area (Å²) in [5.74, 6) is -0.619. The highest BCUT2D eigenvalue weighted by Crippen LogP contribution is 2.24. The van der Waals surface area contributed by atoms with Crippen molar-refractivity contribution in [3.05, 3.63) is 100 Å². The Hall–Kier alpha value is -3.24. The van der Waals surface area contributed by atoms with E-state index in [0.717, 1.165) is 0 Å². The highest BCUT2D eigenvalue weighted by atomic mass is 35.5. The molecule has 0 heterocycles. The fourth-order valence-corrected chi connectivity index (χ4v) is 2.64. The molecule has 0 unspecified atom stereocenters. The van der Waals surface area contributed by atoms with E-state index in [2.05, 4.69) is 5.32 Å². The lowest BCUT2D eigenvalue weighted by molar-refractivity contribution is 0.102. The summed E-state index contributed by atoms with van der Waals surface area (Å²) in [6.07, 6.45) is 0.706. The molecule has 0 saturated heterocycles. The maximum Gasteiger partial charge on any atom is 0.255 e. The lowest BCUT2D eigenvalue weighted by atomic mass is 10.0. The first-order valence-electron chi connectivity index (χ1n) is 7.84. The van der Waals surface area contributed by atoms with Crippen molar-refractivity contribution in [1.82, 2.24) is 0 Å². The molecule has 0 aliphatic heterocycles. The molecule has 3 aromatic rings. The predicted octanol–water partition coefficient (Wildman–Crippen LogP) is 4.64. The van der Waals surface area contributed by atoms with E-state index in [4.69, 9.17) is 11.6 Å². The molecule has 4 nitrogen and oxygen atoms in total. The molecule has 1 N–H and O–H groups in total. The number of amides is 1. The van der Waals surface area contributed by atoms with E-state index in [0.29, 0.717) is 39.2 Å². The molecule has 0 aliphatic rings. The van der Waals surface area contributed by atoms with Crippen molar-refractivity contribution < 1.29 is 14.4 Å². The second-order valence-electron chi connectivity index (χ2n) is 5.58. The summed E-state index contributed by atoms with van der Waals surface area (Å²) in [4.78, 5) is 36.0. The Bertz CT molecular complexity index is 966. The van der Waals surface area contributed by atoms with E-state index in [1.165, 1.54) is 6.07 Å². The van der Waals surface area contributed by atoms with Crippen LogP contribution in [0.5, 0.6) is 0 Å². The quantitative estimate of drug-likeness (QED) is 0.530. The number of anilines is 1. The number of ketones is 1. The minimum Gasteiger partial charge on any atom is -0.321 e. The molecule has 26 heavy (non-hydrogen) atoms. The summed E-state index contributed by atoms with van der Waals surface area (Å²) in [5.41, 5.74) is 2.03. The normalized spacial score (nSPS) is 10.2. The minimum absolute atomic E-state index is 0.236. The molecule has 0 aliphatic carbocycles. The Morgan fingerprint density at radius 2 is 1.54 bits per heavy atom. The average molecular weight is 364 g/mol. The van der Waals surface area contributed by atoms with E-state index in [9.17, 15) is 14.4 Å². The van der Waals surface area contributed by atoms with E-state index in [1.54, 1.807) is 60.7 Å². The number of benzene rings is 3. The molecule has 3 rings (SSSR count). The second kappa shape index (κ2) is 7.76. The van der Waals surface area contributed by atoms with Gasteiger partial charge in [0.15, 0.2) is 5.78 Å². The standard InChI is InChI=1S/C21H14ClNO3/c22-17-10-11-19(18(12-17)20(25)15-4-2-1-3-5-15)23-21(26)16-8-6-14(13-24)7-9-16/h1-13H,(H,23,26). The Kier molecular flexibility index (Phi) is 5.25. The maximum atomic E-state index is 12.8. The van der Waals surface area contributed by atoms with Crippen molar-refractivity contribution in [3.63, 3.8) is 0 Å². The van der Waals surface area contributed by atoms with Crippen LogP contribution >= 0.6 is 11.6 Å². The molecular formula is C21H14ClNO3. The Labute approximate surface area is 155 Å². The van der Waals surface area contributed by atoms with Gasteiger partial charge in [0.1, 0.15) is 6.29 Å². The third-order valence-corrected chi connectivity index (χ3v) is 4.05. The highest BCUT2D eigenvalue weighted by Gasteiger charge is 2.16. The minimum atomic E-state index is -0.383. The molecule has 0 saturated carbocycles. The fourth-order valence-electron chi connectivity index (χ4n) is 2.47. The zero-order valence-corrected chi connectivity index (χ0v) is 14.4. The predicted molar refractivity (Wildman–Crippen MR) is 101 cm³/mol. The van der Waals surface area contributed by atoms with Crippen LogP contribution in [0.4, 0.5) is 5.69 Å². The van der Waals surface area contributed by atoms with Gasteiger partial charge in [-0.15, -0.1) is 0 Å². The zero-order chi connectivity index (χ0) is 18.5. The second-order valence-corrected chi connectivity index (χ2v) is 6.02. The van der Waals surface area contributed by atoms with Crippen LogP contribution in [0, 0.1) is 0 Å². The van der Waals surface area contributed by atoms with Crippen molar-refractivity contribution in [3.8, 4) is 0 Å². The van der Waals surface area contributed by atoms with Gasteiger partial charge in [0.2, 0.25) is 0 Å². The molecule has 128 valence electrons. The van der Waals surface area contributed by atoms with Crippen LogP contribution in [0.25, 0.3) is 0 Å². The first-order valence-corrected chi connectivity index (χ1v) is 8.22. The number of rotatable bonds is 5. The van der Waals surface area contributed by atoms with Gasteiger partial charge in [-0.25, -0.2) is 0 Å². The monoisotopic (exact) mass is 363 g/mol. The van der Waals surface area contributed by atoms with Gasteiger partial charge in [-0.2, -0.15) is 0 Å². The molecule has 0 fully saturated rings. The summed E-state index contributed by atoms with van der Waals surface area (Å²) in [6, 6.07) is 19.7. The summed E-state index contributed by atoms with van der Waals surface area (Å²) in [5, 5.41) is 3.14. The van der Waals surface area contributed by atoms with Crippen LogP contribution in [0.15, 0.2) is 72.8 Å². The van der Waals surface area contributed by atoms with E-state index in [-0.39, 0.29) is 11.7 Å². The lowest BCUT2D eigenvalue weighted by Crippen LogP contribution is -2.15. The van der Waals surface area contributed by atoms with Gasteiger partial charge in [0.05, 0.1) is 5.69 Å². The molecule has 0 aromatic heterocycles. The largest absolute Gasteiger partial charge is 0.321 e. The van der Waals surface area contributed by atoms with Gasteiger partial charge in [-0.3, -0.25) is 14.4 Å². The Morgan fingerprint density at radius 1 is 0.846 bits per heavy atom. The number of nitrogens with one attached hydrogen (secondary N) is 1. The first-order chi connectivity index (χ1) is 12.6. The summed E-state index contributed by atoms with van der Waals surface area (Å²) >= 11 is 6.04. The molecule has 5 heteroatoms. The van der Waals surface area contributed by atoms with Crippen LogP contribution in [-0.4, -0.2) is 18.0 Å². The van der Waals surface area contributed by atoms with E-state index < -0.39 is 0 Å². The zero-order valence-electron chi connectivity index (χ0n) is 13.6. The average Bonchev–Trinajstić information content (AvgIpc) is 2.69. The maximum absolute atomic E-state index is 12.8. The van der Waals surface area contributed by atoms with Crippen LogP contribution in [0.1, 0.15) is 36.6 Å². The number of carbonyl (C=O) groups is 3. The SMILES string of the molecule is O=Cc1ccc(C(=O)Nc2ccc(Cl)cc2C(=O)c2ccccc2)cc1. The fraction of sp³-hybridized carbons (Fsp3) is 0. The Morgan fingerprint density at radius 3 is 2.19 bits per heavy atom. The first kappa shape index (κ1) is 17.6. The Balaban J connectivity index is 1.91. The highest BCUT2D eigenvalue weighted by molar-refractivity contribution is 6.31. The van der Waals surface area contributed by atoms with Gasteiger partial charge in [-0.05, 0) is 30.3 Å².